The summed E-state index contributed by atoms with van der Waals surface area (Å²) in [6.45, 7) is 10.9. The van der Waals surface area contributed by atoms with Gasteiger partial charge in [0, 0.05) is 86.0 Å². The van der Waals surface area contributed by atoms with E-state index in [0.29, 0.717) is 0 Å². The van der Waals surface area contributed by atoms with Crippen molar-refractivity contribution < 1.29 is 87.7 Å². The minimum Gasteiger partial charge on any atom is -0.366 e. The Balaban J connectivity index is 1.32. The standard InChI is InChI=1S/C64H56O20Si8/c1-41(65)49-17-9-25-57(33-49)85-73-86(58-26-10-18-50(34-58)42(2)66)76-89(61-29-13-21-53(37-61)45(5)69)78-87(74-85,59-27-11-19-51(35-59)43(3)67)80-91(63-31-15-23-55(39-63)47(7)71)81-88(75-85,60-28-12-20-52(36-60)44(4)68)79-90(77-86,62-30-14-22-54(38-62)46(6)70)83-92(82-89,84-91)64-32-16-24-56(40-64)48(8)72/h9-40H,1-8H3. The zero-order valence-corrected chi connectivity index (χ0v) is 58.6. The van der Waals surface area contributed by atoms with Crippen LogP contribution in [0, 0.1) is 0 Å². The van der Waals surface area contributed by atoms with Crippen LogP contribution in [0.4, 0.5) is 0 Å². The molecule has 6 aliphatic heterocycles. The lowest BCUT2D eigenvalue weighted by molar-refractivity contribution is -0.00316. The zero-order chi connectivity index (χ0) is 65.0. The molecule has 14 rings (SSSR count). The van der Waals surface area contributed by atoms with Crippen LogP contribution in [0.3, 0.4) is 0 Å². The molecule has 0 amide bonds. The van der Waals surface area contributed by atoms with Crippen LogP contribution in [-0.4, -0.2) is 117 Å². The average molecular weight is 1370 g/mol. The van der Waals surface area contributed by atoms with Crippen molar-refractivity contribution in [2.75, 3.05) is 0 Å². The minimum atomic E-state index is -5.66. The molecule has 464 valence electrons. The van der Waals surface area contributed by atoms with E-state index in [9.17, 15) is 38.4 Å². The maximum absolute atomic E-state index is 13.9. The Morgan fingerprint density at radius 1 is 0.185 bits per heavy atom. The van der Waals surface area contributed by atoms with Crippen molar-refractivity contribution in [3.8, 4) is 0 Å². The highest BCUT2D eigenvalue weighted by Gasteiger charge is 2.86. The van der Waals surface area contributed by atoms with Crippen LogP contribution in [0.5, 0.6) is 0 Å². The van der Waals surface area contributed by atoms with E-state index in [2.05, 4.69) is 0 Å². The molecule has 0 spiro atoms. The molecule has 8 aromatic carbocycles. The Hall–Kier alpha value is -7.62. The summed E-state index contributed by atoms with van der Waals surface area (Å²) < 4.78 is 98.5. The fourth-order valence-electron chi connectivity index (χ4n) is 11.5. The van der Waals surface area contributed by atoms with Crippen LogP contribution in [0.15, 0.2) is 194 Å². The molecule has 0 saturated carbocycles. The first-order valence-corrected chi connectivity index (χ1v) is 42.9. The molecule has 0 aromatic heterocycles. The lowest BCUT2D eigenvalue weighted by atomic mass is 10.2. The van der Waals surface area contributed by atoms with Crippen LogP contribution in [0.2, 0.25) is 0 Å². The number of benzene rings is 8. The van der Waals surface area contributed by atoms with E-state index in [1.807, 2.05) is 0 Å². The van der Waals surface area contributed by atoms with Crippen LogP contribution in [-0.2, 0) is 49.4 Å². The molecule has 28 heteroatoms. The van der Waals surface area contributed by atoms with Gasteiger partial charge in [0.05, 0.1) is 0 Å². The van der Waals surface area contributed by atoms with Crippen LogP contribution in [0.1, 0.15) is 138 Å². The first-order chi connectivity index (χ1) is 43.8. The Labute approximate surface area is 536 Å². The molecule has 6 fully saturated rings. The quantitative estimate of drug-likeness (QED) is 0.0944. The second-order valence-electron chi connectivity index (χ2n) is 22.8. The predicted molar refractivity (Wildman–Crippen MR) is 348 cm³/mol. The van der Waals surface area contributed by atoms with E-state index in [1.54, 1.807) is 146 Å². The van der Waals surface area contributed by atoms with Crippen molar-refractivity contribution in [2.24, 2.45) is 0 Å². The van der Waals surface area contributed by atoms with Gasteiger partial charge in [0.2, 0.25) is 0 Å². The van der Waals surface area contributed by atoms with Crippen molar-refractivity contribution in [1.29, 1.82) is 0 Å². The van der Waals surface area contributed by atoms with Crippen LogP contribution >= 0.6 is 0 Å². The summed E-state index contributed by atoms with van der Waals surface area (Å²) in [5.41, 5.74) is 1.07. The van der Waals surface area contributed by atoms with Crippen molar-refractivity contribution >= 4 is 158 Å². The van der Waals surface area contributed by atoms with Gasteiger partial charge in [-0.2, -0.15) is 0 Å². The molecule has 0 aliphatic carbocycles. The van der Waals surface area contributed by atoms with Crippen molar-refractivity contribution in [2.45, 2.75) is 55.4 Å². The number of ketones is 8. The van der Waals surface area contributed by atoms with E-state index >= 15 is 0 Å². The van der Waals surface area contributed by atoms with E-state index < -0.39 is 117 Å². The van der Waals surface area contributed by atoms with Crippen molar-refractivity contribution in [3.05, 3.63) is 239 Å². The first kappa shape index (κ1) is 63.1. The molecule has 20 nitrogen and oxygen atoms in total. The molecule has 6 aliphatic rings. The van der Waals surface area contributed by atoms with E-state index in [0.717, 1.165) is 0 Å². The van der Waals surface area contributed by atoms with Gasteiger partial charge in [-0.05, 0) is 104 Å². The Bertz CT molecular complexity index is 3610. The molecular weight excluding hydrogens is 1310 g/mol. The fraction of sp³-hybridized carbons (Fsp3) is 0.125. The average Bonchev–Trinajstić information content (AvgIpc) is 0.666. The van der Waals surface area contributed by atoms with Gasteiger partial charge < -0.3 is 49.4 Å². The van der Waals surface area contributed by atoms with Gasteiger partial charge in [0.1, 0.15) is 0 Å². The number of rotatable bonds is 16. The monoisotopic (exact) mass is 1370 g/mol. The second-order valence-corrected chi connectivity index (χ2v) is 46.1. The summed E-state index contributed by atoms with van der Waals surface area (Å²) in [5.74, 6) is -3.21. The van der Waals surface area contributed by atoms with Crippen LogP contribution < -0.4 is 41.5 Å². The summed E-state index contributed by atoms with van der Waals surface area (Å²) in [6, 6.07) is 50.0. The highest BCUT2D eigenvalue weighted by atomic mass is 28.6. The topological polar surface area (TPSA) is 247 Å². The summed E-state index contributed by atoms with van der Waals surface area (Å²) >= 11 is 0. The maximum atomic E-state index is 13.9. The SMILES string of the molecule is CC(=O)c1cccc([Si]23O[Si]4(c5cccc(C(C)=O)c5)O[Si]5(c6cccc(C(C)=O)c6)O[Si](c6cccc(C(C)=O)c6)(O2)O[Si]2(c6cccc(C(C)=O)c6)O[Si](c6cccc(C(C)=O)c6)(O3)O[Si](c3cccc(C(C)=O)c3)(O4)O[Si](c3cccc(C(C)=O)c3)(O5)O2)c1. The third-order valence-corrected chi connectivity index (χ3v) is 50.1. The molecule has 0 unspecified atom stereocenters. The Morgan fingerprint density at radius 2 is 0.283 bits per heavy atom. The Kier molecular flexibility index (Phi) is 15.9. The number of hydrogen-bond acceptors (Lipinski definition) is 20. The highest BCUT2D eigenvalue weighted by molar-refractivity contribution is 7.14. The molecule has 0 atom stereocenters. The van der Waals surface area contributed by atoms with Crippen LogP contribution in [0.25, 0.3) is 0 Å². The van der Waals surface area contributed by atoms with Gasteiger partial charge in [-0.15, -0.1) is 0 Å². The largest absolute Gasteiger partial charge is 0.515 e. The normalized spacial score (nSPS) is 27.7. The van der Waals surface area contributed by atoms with Crippen molar-refractivity contribution in [1.82, 2.24) is 0 Å². The lowest BCUT2D eigenvalue weighted by Crippen LogP contribution is -2.96. The van der Waals surface area contributed by atoms with Gasteiger partial charge in [-0.25, -0.2) is 0 Å². The maximum Gasteiger partial charge on any atom is 0.515 e. The molecule has 8 aromatic rings. The number of carbonyl (C=O) groups excluding carboxylic acids is 8. The number of Topliss-reactive ketones (excluding diaryl/α,β-unsaturated/α-hetero) is 8. The van der Waals surface area contributed by atoms with E-state index in [-0.39, 0.29) is 86.0 Å². The third-order valence-electron chi connectivity index (χ3n) is 16.2. The molecule has 8 bridgehead atoms. The van der Waals surface area contributed by atoms with E-state index in [4.69, 9.17) is 49.4 Å². The van der Waals surface area contributed by atoms with Gasteiger partial charge in [-0.3, -0.25) is 38.4 Å². The minimum absolute atomic E-state index is 0.0328. The third kappa shape index (κ3) is 10.8. The summed E-state index contributed by atoms with van der Waals surface area (Å²) in [4.78, 5) is 111. The number of hydrogen-bond donors (Lipinski definition) is 0. The fourth-order valence-corrected chi connectivity index (χ4v) is 57.8. The van der Waals surface area contributed by atoms with Gasteiger partial charge >= 0.3 is 70.4 Å². The Morgan fingerprint density at radius 3 is 0.370 bits per heavy atom. The second kappa shape index (κ2) is 23.1. The smallest absolute Gasteiger partial charge is 0.366 e. The van der Waals surface area contributed by atoms with Gasteiger partial charge in [-0.1, -0.05) is 146 Å². The zero-order valence-electron chi connectivity index (χ0n) is 50.6. The molecule has 0 radical (unpaired) electrons. The summed E-state index contributed by atoms with van der Waals surface area (Å²) in [7, 11) is -45.3. The molecule has 92 heavy (non-hydrogen) atoms. The van der Waals surface area contributed by atoms with E-state index in [1.165, 1.54) is 104 Å². The van der Waals surface area contributed by atoms with Gasteiger partial charge in [0.15, 0.2) is 46.3 Å². The highest BCUT2D eigenvalue weighted by Crippen LogP contribution is 2.49. The predicted octanol–water partition coefficient (Wildman–Crippen LogP) is 4.64. The summed E-state index contributed by atoms with van der Waals surface area (Å²) in [5, 5.41) is 0.263. The molecule has 6 heterocycles. The molecule has 0 N–H and O–H groups in total. The van der Waals surface area contributed by atoms with Gasteiger partial charge in [0.25, 0.3) is 0 Å². The first-order valence-electron chi connectivity index (χ1n) is 29.1. The molecular formula is C64H56O20Si8. The van der Waals surface area contributed by atoms with Crippen molar-refractivity contribution in [3.63, 3.8) is 0 Å². The summed E-state index contributed by atoms with van der Waals surface area (Å²) in [6.07, 6.45) is 0. The lowest BCUT2D eigenvalue weighted by Gasteiger charge is -2.62. The molecule has 6 saturated heterocycles. The number of carbonyl (C=O) groups is 8.